The second kappa shape index (κ2) is 3.01. The Hall–Kier alpha value is -1.98. The van der Waals surface area contributed by atoms with Gasteiger partial charge in [0.15, 0.2) is 5.82 Å². The predicted octanol–water partition coefficient (Wildman–Crippen LogP) is 1.54. The van der Waals surface area contributed by atoms with Crippen molar-refractivity contribution in [1.29, 1.82) is 0 Å². The first-order valence-corrected chi connectivity index (χ1v) is 4.27. The van der Waals surface area contributed by atoms with Crippen LogP contribution in [0.3, 0.4) is 0 Å². The fourth-order valence-corrected chi connectivity index (χ4v) is 1.61. The summed E-state index contributed by atoms with van der Waals surface area (Å²) in [4.78, 5) is 20.9. The minimum absolute atomic E-state index is 0.00657. The van der Waals surface area contributed by atoms with Crippen LogP contribution in [0.25, 0.3) is 0 Å². The molecule has 1 heterocycles. The van der Waals surface area contributed by atoms with Gasteiger partial charge in [-0.25, -0.2) is 4.39 Å². The number of hydrogen-bond acceptors (Lipinski definition) is 3. The molecule has 2 rings (SSSR count). The number of nitrogens with zero attached hydrogens (tertiary/aromatic N) is 1. The van der Waals surface area contributed by atoms with Crippen LogP contribution in [-0.4, -0.2) is 10.8 Å². The Morgan fingerprint density at radius 2 is 2.27 bits per heavy atom. The highest BCUT2D eigenvalue weighted by atomic mass is 19.1. The zero-order valence-electron chi connectivity index (χ0n) is 7.83. The van der Waals surface area contributed by atoms with Gasteiger partial charge in [0.05, 0.1) is 22.6 Å². The summed E-state index contributed by atoms with van der Waals surface area (Å²) in [7, 11) is 0. The summed E-state index contributed by atoms with van der Waals surface area (Å²) >= 11 is 0. The van der Waals surface area contributed by atoms with Crippen molar-refractivity contribution in [1.82, 2.24) is 0 Å². The van der Waals surface area contributed by atoms with Gasteiger partial charge in [0.2, 0.25) is 5.91 Å². The number of amides is 1. The van der Waals surface area contributed by atoms with E-state index in [9.17, 15) is 19.3 Å². The molecule has 0 aromatic heterocycles. The van der Waals surface area contributed by atoms with Crippen molar-refractivity contribution in [3.05, 3.63) is 33.1 Å². The lowest BCUT2D eigenvalue weighted by molar-refractivity contribution is -0.385. The summed E-state index contributed by atoms with van der Waals surface area (Å²) in [5.41, 5.74) is 0.0709. The van der Waals surface area contributed by atoms with E-state index in [2.05, 4.69) is 5.32 Å². The summed E-state index contributed by atoms with van der Waals surface area (Å²) in [6.45, 7) is 1.32. The van der Waals surface area contributed by atoms with Crippen LogP contribution in [0.1, 0.15) is 11.1 Å². The van der Waals surface area contributed by atoms with Crippen LogP contribution in [0.5, 0.6) is 0 Å². The number of carbonyl (C=O) groups is 1. The van der Waals surface area contributed by atoms with Crippen molar-refractivity contribution in [3.8, 4) is 0 Å². The van der Waals surface area contributed by atoms with Gasteiger partial charge in [-0.2, -0.15) is 0 Å². The quantitative estimate of drug-likeness (QED) is 0.564. The fourth-order valence-electron chi connectivity index (χ4n) is 1.61. The number of anilines is 1. The molecule has 1 N–H and O–H groups in total. The average Bonchev–Trinajstić information content (AvgIpc) is 2.52. The largest absolute Gasteiger partial charge is 0.323 e. The molecular formula is C9H7FN2O3. The number of carbonyl (C=O) groups excluding carboxylic acids is 1. The molecule has 0 aliphatic carbocycles. The van der Waals surface area contributed by atoms with Gasteiger partial charge >= 0.3 is 0 Å². The highest BCUT2D eigenvalue weighted by molar-refractivity contribution is 5.99. The number of hydrogen-bond donors (Lipinski definition) is 1. The first-order chi connectivity index (χ1) is 7.00. The van der Waals surface area contributed by atoms with Crippen molar-refractivity contribution in [2.45, 2.75) is 13.3 Å². The predicted molar refractivity (Wildman–Crippen MR) is 50.1 cm³/mol. The first-order valence-electron chi connectivity index (χ1n) is 4.27. The summed E-state index contributed by atoms with van der Waals surface area (Å²) in [6.07, 6.45) is -0.00657. The lowest BCUT2D eigenvalue weighted by Gasteiger charge is -2.04. The van der Waals surface area contributed by atoms with Gasteiger partial charge in [0.25, 0.3) is 5.69 Å². The number of rotatable bonds is 1. The second-order valence-corrected chi connectivity index (χ2v) is 3.35. The third-order valence-electron chi connectivity index (χ3n) is 2.38. The van der Waals surface area contributed by atoms with Crippen LogP contribution in [-0.2, 0) is 11.2 Å². The van der Waals surface area contributed by atoms with Gasteiger partial charge in [0.1, 0.15) is 0 Å². The van der Waals surface area contributed by atoms with Gasteiger partial charge in [-0.3, -0.25) is 14.9 Å². The number of nitro benzene ring substituents is 1. The minimum Gasteiger partial charge on any atom is -0.323 e. The van der Waals surface area contributed by atoms with Crippen LogP contribution in [0.15, 0.2) is 6.07 Å². The topological polar surface area (TPSA) is 72.2 Å². The summed E-state index contributed by atoms with van der Waals surface area (Å²) < 4.78 is 13.6. The number of benzene rings is 1. The molecule has 0 saturated carbocycles. The van der Waals surface area contributed by atoms with E-state index in [1.165, 1.54) is 13.0 Å². The normalized spacial score (nSPS) is 13.6. The van der Waals surface area contributed by atoms with Crippen LogP contribution in [0.2, 0.25) is 0 Å². The Kier molecular flexibility index (Phi) is 1.92. The van der Waals surface area contributed by atoms with Gasteiger partial charge < -0.3 is 5.32 Å². The van der Waals surface area contributed by atoms with E-state index >= 15 is 0 Å². The van der Waals surface area contributed by atoms with Crippen LogP contribution >= 0.6 is 0 Å². The minimum atomic E-state index is -0.718. The monoisotopic (exact) mass is 210 g/mol. The van der Waals surface area contributed by atoms with E-state index in [1.807, 2.05) is 0 Å². The molecule has 0 bridgehead atoms. The fraction of sp³-hybridized carbons (Fsp3) is 0.222. The maximum absolute atomic E-state index is 13.6. The molecule has 1 aromatic rings. The maximum atomic E-state index is 13.6. The molecule has 0 spiro atoms. The second-order valence-electron chi connectivity index (χ2n) is 3.35. The molecule has 6 heteroatoms. The standard InChI is InChI=1S/C9H7FN2O3/c1-4-6(12(14)15)2-5-3-7(13)11-9(5)8(4)10/h2H,3H2,1H3,(H,11,13). The van der Waals surface area contributed by atoms with Crippen molar-refractivity contribution >= 4 is 17.3 Å². The smallest absolute Gasteiger partial charge is 0.275 e. The molecule has 78 valence electrons. The number of fused-ring (bicyclic) bond motifs is 1. The van der Waals surface area contributed by atoms with Crippen molar-refractivity contribution in [2.75, 3.05) is 5.32 Å². The number of nitrogens with one attached hydrogen (secondary N) is 1. The molecule has 0 radical (unpaired) electrons. The van der Waals surface area contributed by atoms with E-state index in [0.717, 1.165) is 0 Å². The van der Waals surface area contributed by atoms with Gasteiger partial charge in [-0.1, -0.05) is 0 Å². The number of nitro groups is 1. The van der Waals surface area contributed by atoms with Crippen molar-refractivity contribution in [3.63, 3.8) is 0 Å². The van der Waals surface area contributed by atoms with Crippen molar-refractivity contribution in [2.24, 2.45) is 0 Å². The summed E-state index contributed by atoms with van der Waals surface area (Å²) in [6, 6.07) is 1.24. The van der Waals surface area contributed by atoms with E-state index in [-0.39, 0.29) is 29.3 Å². The molecule has 1 aromatic carbocycles. The lowest BCUT2D eigenvalue weighted by Crippen LogP contribution is -2.05. The molecule has 1 aliphatic rings. The molecule has 0 unspecified atom stereocenters. The van der Waals surface area contributed by atoms with Crippen LogP contribution < -0.4 is 5.32 Å². The third-order valence-corrected chi connectivity index (χ3v) is 2.38. The van der Waals surface area contributed by atoms with Gasteiger partial charge in [0, 0.05) is 6.07 Å². The van der Waals surface area contributed by atoms with Crippen LogP contribution in [0.4, 0.5) is 15.8 Å². The lowest BCUT2D eigenvalue weighted by atomic mass is 10.1. The van der Waals surface area contributed by atoms with Crippen molar-refractivity contribution < 1.29 is 14.1 Å². The zero-order valence-corrected chi connectivity index (χ0v) is 7.83. The maximum Gasteiger partial charge on any atom is 0.275 e. The van der Waals surface area contributed by atoms with E-state index in [1.54, 1.807) is 0 Å². The highest BCUT2D eigenvalue weighted by Gasteiger charge is 2.27. The Morgan fingerprint density at radius 1 is 1.60 bits per heavy atom. The summed E-state index contributed by atoms with van der Waals surface area (Å²) in [5.74, 6) is -1.06. The van der Waals surface area contributed by atoms with E-state index < -0.39 is 10.7 Å². The molecule has 0 fully saturated rings. The molecular weight excluding hydrogens is 203 g/mol. The molecule has 0 saturated heterocycles. The number of halogens is 1. The molecule has 1 aliphatic heterocycles. The Balaban J connectivity index is 2.67. The SMILES string of the molecule is Cc1c([N+](=O)[O-])cc2c(c1F)NC(=O)C2. The third kappa shape index (κ3) is 1.34. The summed E-state index contributed by atoms with van der Waals surface area (Å²) in [5, 5.41) is 12.9. The van der Waals surface area contributed by atoms with Gasteiger partial charge in [-0.05, 0) is 12.5 Å². The van der Waals surface area contributed by atoms with E-state index in [0.29, 0.717) is 5.56 Å². The highest BCUT2D eigenvalue weighted by Crippen LogP contribution is 2.33. The Labute approximate surface area is 84.1 Å². The zero-order chi connectivity index (χ0) is 11.2. The molecule has 5 nitrogen and oxygen atoms in total. The Morgan fingerprint density at radius 3 is 2.87 bits per heavy atom. The molecule has 1 amide bonds. The first kappa shape index (κ1) is 9.57. The van der Waals surface area contributed by atoms with E-state index in [4.69, 9.17) is 0 Å². The van der Waals surface area contributed by atoms with Crippen LogP contribution in [0, 0.1) is 22.9 Å². The molecule has 0 atom stereocenters. The van der Waals surface area contributed by atoms with Gasteiger partial charge in [-0.15, -0.1) is 0 Å². The Bertz CT molecular complexity index is 485. The molecule has 15 heavy (non-hydrogen) atoms. The average molecular weight is 210 g/mol.